The number of methoxy groups -OCH3 is 1. The molecule has 3 aliphatic heterocycles. The molecule has 4 nitrogen and oxygen atoms in total. The highest BCUT2D eigenvalue weighted by atomic mass is 35.5. The minimum absolute atomic E-state index is 0. The fourth-order valence-corrected chi connectivity index (χ4v) is 4.58. The standard InChI is InChI=1S/C19H28N2O2.ClH/c1-14-9-15-10-17(22-2)11-16(18(15)23-14)12-21-8-5-19(13-21)3-6-20-7-4-19;/h10-11,14,20H,3-9,12-13H2,1-2H3;1H. The summed E-state index contributed by atoms with van der Waals surface area (Å²) in [7, 11) is 1.75. The Labute approximate surface area is 151 Å². The van der Waals surface area contributed by atoms with Gasteiger partial charge in [0.2, 0.25) is 0 Å². The number of rotatable bonds is 3. The number of hydrogen-bond acceptors (Lipinski definition) is 4. The Kier molecular flexibility index (Phi) is 5.28. The molecule has 0 bridgehead atoms. The molecule has 1 spiro atoms. The number of benzene rings is 1. The molecule has 1 unspecified atom stereocenters. The van der Waals surface area contributed by atoms with Gasteiger partial charge >= 0.3 is 0 Å². The van der Waals surface area contributed by atoms with Crippen LogP contribution in [-0.4, -0.2) is 44.3 Å². The summed E-state index contributed by atoms with van der Waals surface area (Å²) in [6, 6.07) is 4.31. The molecule has 134 valence electrons. The van der Waals surface area contributed by atoms with Gasteiger partial charge in [0.25, 0.3) is 0 Å². The van der Waals surface area contributed by atoms with Gasteiger partial charge in [-0.3, -0.25) is 4.90 Å². The molecule has 2 saturated heterocycles. The molecule has 1 aromatic carbocycles. The van der Waals surface area contributed by atoms with E-state index < -0.39 is 0 Å². The highest BCUT2D eigenvalue weighted by Gasteiger charge is 2.39. The van der Waals surface area contributed by atoms with Crippen molar-refractivity contribution in [2.24, 2.45) is 5.41 Å². The molecule has 1 aromatic rings. The van der Waals surface area contributed by atoms with Crippen LogP contribution in [0.3, 0.4) is 0 Å². The summed E-state index contributed by atoms with van der Waals surface area (Å²) in [5.41, 5.74) is 3.17. The second kappa shape index (κ2) is 7.11. The number of fused-ring (bicyclic) bond motifs is 1. The van der Waals surface area contributed by atoms with E-state index in [9.17, 15) is 0 Å². The third kappa shape index (κ3) is 3.37. The van der Waals surface area contributed by atoms with Gasteiger partial charge < -0.3 is 14.8 Å². The monoisotopic (exact) mass is 352 g/mol. The van der Waals surface area contributed by atoms with E-state index in [0.717, 1.165) is 24.5 Å². The van der Waals surface area contributed by atoms with E-state index in [1.165, 1.54) is 56.6 Å². The zero-order chi connectivity index (χ0) is 15.9. The maximum Gasteiger partial charge on any atom is 0.127 e. The van der Waals surface area contributed by atoms with E-state index in [0.29, 0.717) is 5.41 Å². The molecule has 24 heavy (non-hydrogen) atoms. The van der Waals surface area contributed by atoms with Crippen molar-refractivity contribution in [1.82, 2.24) is 10.2 Å². The Balaban J connectivity index is 0.00000169. The van der Waals surface area contributed by atoms with Crippen molar-refractivity contribution in [1.29, 1.82) is 0 Å². The minimum atomic E-state index is 0. The molecular formula is C19H29ClN2O2. The summed E-state index contributed by atoms with van der Waals surface area (Å²) >= 11 is 0. The van der Waals surface area contributed by atoms with Crippen LogP contribution in [0, 0.1) is 5.41 Å². The quantitative estimate of drug-likeness (QED) is 0.906. The van der Waals surface area contributed by atoms with Gasteiger partial charge in [-0.1, -0.05) is 0 Å². The molecule has 0 aliphatic carbocycles. The van der Waals surface area contributed by atoms with E-state index in [4.69, 9.17) is 9.47 Å². The number of piperidine rings is 1. The molecule has 4 rings (SSSR count). The maximum atomic E-state index is 6.09. The lowest BCUT2D eigenvalue weighted by Crippen LogP contribution is -2.38. The summed E-state index contributed by atoms with van der Waals surface area (Å²) in [6.07, 6.45) is 5.28. The number of likely N-dealkylation sites (tertiary alicyclic amines) is 1. The van der Waals surface area contributed by atoms with Crippen molar-refractivity contribution in [2.45, 2.75) is 45.3 Å². The van der Waals surface area contributed by atoms with Crippen LogP contribution in [0.25, 0.3) is 0 Å². The number of ether oxygens (including phenoxy) is 2. The third-order valence-corrected chi connectivity index (χ3v) is 5.85. The molecule has 3 aliphatic rings. The fourth-order valence-electron chi connectivity index (χ4n) is 4.58. The molecular weight excluding hydrogens is 324 g/mol. The normalized spacial score (nSPS) is 25.2. The van der Waals surface area contributed by atoms with Crippen LogP contribution in [0.15, 0.2) is 12.1 Å². The van der Waals surface area contributed by atoms with Crippen molar-refractivity contribution in [2.75, 3.05) is 33.3 Å². The zero-order valence-electron chi connectivity index (χ0n) is 14.8. The highest BCUT2D eigenvalue weighted by molar-refractivity contribution is 5.85. The summed E-state index contributed by atoms with van der Waals surface area (Å²) in [4.78, 5) is 2.62. The number of hydrogen-bond donors (Lipinski definition) is 1. The van der Waals surface area contributed by atoms with Gasteiger partial charge in [0.15, 0.2) is 0 Å². The van der Waals surface area contributed by atoms with Crippen LogP contribution in [0.4, 0.5) is 0 Å². The first-order chi connectivity index (χ1) is 11.2. The Morgan fingerprint density at radius 1 is 1.29 bits per heavy atom. The van der Waals surface area contributed by atoms with Gasteiger partial charge in [0, 0.05) is 30.6 Å². The minimum Gasteiger partial charge on any atom is -0.497 e. The average molecular weight is 353 g/mol. The summed E-state index contributed by atoms with van der Waals surface area (Å²) < 4.78 is 11.6. The van der Waals surface area contributed by atoms with Crippen molar-refractivity contribution in [3.63, 3.8) is 0 Å². The lowest BCUT2D eigenvalue weighted by Gasteiger charge is -2.34. The summed E-state index contributed by atoms with van der Waals surface area (Å²) in [6.45, 7) is 7.95. The first-order valence-electron chi connectivity index (χ1n) is 8.97. The highest BCUT2D eigenvalue weighted by Crippen LogP contribution is 2.41. The lowest BCUT2D eigenvalue weighted by atomic mass is 9.78. The van der Waals surface area contributed by atoms with Gasteiger partial charge in [-0.25, -0.2) is 0 Å². The molecule has 0 saturated carbocycles. The van der Waals surface area contributed by atoms with Crippen molar-refractivity contribution in [3.8, 4) is 11.5 Å². The largest absolute Gasteiger partial charge is 0.497 e. The van der Waals surface area contributed by atoms with E-state index >= 15 is 0 Å². The topological polar surface area (TPSA) is 33.7 Å². The zero-order valence-corrected chi connectivity index (χ0v) is 15.6. The summed E-state index contributed by atoms with van der Waals surface area (Å²) in [5.74, 6) is 2.08. The molecule has 1 N–H and O–H groups in total. The van der Waals surface area contributed by atoms with Gasteiger partial charge in [0.05, 0.1) is 7.11 Å². The molecule has 0 radical (unpaired) electrons. The van der Waals surface area contributed by atoms with Crippen LogP contribution >= 0.6 is 12.4 Å². The van der Waals surface area contributed by atoms with Gasteiger partial charge in [-0.05, 0) is 63.4 Å². The molecule has 1 atom stereocenters. The first kappa shape index (κ1) is 17.8. The molecule has 0 aromatic heterocycles. The van der Waals surface area contributed by atoms with Gasteiger partial charge in [0.1, 0.15) is 17.6 Å². The number of nitrogens with one attached hydrogen (secondary N) is 1. The smallest absolute Gasteiger partial charge is 0.127 e. The van der Waals surface area contributed by atoms with E-state index in [1.54, 1.807) is 7.11 Å². The predicted molar refractivity (Wildman–Crippen MR) is 98.5 cm³/mol. The predicted octanol–water partition coefficient (Wildman–Crippen LogP) is 3.02. The maximum absolute atomic E-state index is 6.09. The fraction of sp³-hybridized carbons (Fsp3) is 0.684. The number of halogens is 1. The first-order valence-corrected chi connectivity index (χ1v) is 8.97. The van der Waals surface area contributed by atoms with E-state index in [-0.39, 0.29) is 18.5 Å². The van der Waals surface area contributed by atoms with Gasteiger partial charge in [-0.15, -0.1) is 12.4 Å². The molecule has 0 amide bonds. The molecule has 2 fully saturated rings. The van der Waals surface area contributed by atoms with Crippen LogP contribution < -0.4 is 14.8 Å². The summed E-state index contributed by atoms with van der Waals surface area (Å²) in [5, 5.41) is 3.50. The average Bonchev–Trinajstić information content (AvgIpc) is 3.11. The van der Waals surface area contributed by atoms with Crippen LogP contribution in [0.5, 0.6) is 11.5 Å². The Bertz CT molecular complexity index is 587. The van der Waals surface area contributed by atoms with Crippen LogP contribution in [0.2, 0.25) is 0 Å². The van der Waals surface area contributed by atoms with Crippen molar-refractivity contribution < 1.29 is 9.47 Å². The Morgan fingerprint density at radius 2 is 2.08 bits per heavy atom. The second-order valence-electron chi connectivity index (χ2n) is 7.62. The Hall–Kier alpha value is -0.970. The van der Waals surface area contributed by atoms with Gasteiger partial charge in [-0.2, -0.15) is 0 Å². The van der Waals surface area contributed by atoms with Crippen LogP contribution in [0.1, 0.15) is 37.3 Å². The van der Waals surface area contributed by atoms with E-state index in [1.807, 2.05) is 0 Å². The number of nitrogens with zero attached hydrogens (tertiary/aromatic N) is 1. The SMILES string of the molecule is COc1cc2c(c(CN3CCC4(CCNCC4)C3)c1)OC(C)C2.Cl. The van der Waals surface area contributed by atoms with Crippen LogP contribution in [-0.2, 0) is 13.0 Å². The van der Waals surface area contributed by atoms with Crippen molar-refractivity contribution in [3.05, 3.63) is 23.3 Å². The Morgan fingerprint density at radius 3 is 2.83 bits per heavy atom. The molecule has 5 heteroatoms. The molecule has 3 heterocycles. The third-order valence-electron chi connectivity index (χ3n) is 5.85. The van der Waals surface area contributed by atoms with E-state index in [2.05, 4.69) is 29.3 Å². The van der Waals surface area contributed by atoms with Crippen molar-refractivity contribution >= 4 is 12.4 Å². The lowest BCUT2D eigenvalue weighted by molar-refractivity contribution is 0.192. The second-order valence-corrected chi connectivity index (χ2v) is 7.62.